The topological polar surface area (TPSA) is 33.2 Å². The van der Waals surface area contributed by atoms with Crippen molar-refractivity contribution in [2.24, 2.45) is 0 Å². The van der Waals surface area contributed by atoms with Gasteiger partial charge < -0.3 is 4.90 Å². The summed E-state index contributed by atoms with van der Waals surface area (Å²) in [4.78, 5) is 19.8. The van der Waals surface area contributed by atoms with Gasteiger partial charge in [0.15, 0.2) is 0 Å². The molecule has 0 bridgehead atoms. The van der Waals surface area contributed by atoms with E-state index in [1.807, 2.05) is 37.0 Å². The highest BCUT2D eigenvalue weighted by atomic mass is 32.1. The summed E-state index contributed by atoms with van der Waals surface area (Å²) in [6.07, 6.45) is 0. The molecule has 2 aromatic rings. The molecular formula is C11H12N2OS2. The van der Waals surface area contributed by atoms with Gasteiger partial charge in [-0.15, -0.1) is 22.7 Å². The molecule has 0 atom stereocenters. The number of thiophene rings is 1. The summed E-state index contributed by atoms with van der Waals surface area (Å²) in [5.74, 6) is 0.0720. The van der Waals surface area contributed by atoms with E-state index in [1.165, 1.54) is 11.3 Å². The number of nitrogens with zero attached hydrogens (tertiary/aromatic N) is 2. The van der Waals surface area contributed by atoms with Gasteiger partial charge in [0, 0.05) is 11.9 Å². The summed E-state index contributed by atoms with van der Waals surface area (Å²) in [5.41, 5.74) is 2.82. The summed E-state index contributed by atoms with van der Waals surface area (Å²) in [7, 11) is 1.82. The van der Waals surface area contributed by atoms with Crippen LogP contribution in [-0.2, 0) is 6.54 Å². The quantitative estimate of drug-likeness (QED) is 0.841. The largest absolute Gasteiger partial charge is 0.336 e. The fraction of sp³-hybridized carbons (Fsp3) is 0.273. The Balaban J connectivity index is 2.07. The Morgan fingerprint density at radius 2 is 2.31 bits per heavy atom. The molecule has 0 aliphatic rings. The Morgan fingerprint density at radius 3 is 2.88 bits per heavy atom. The smallest absolute Gasteiger partial charge is 0.263 e. The molecular weight excluding hydrogens is 240 g/mol. The first-order valence-corrected chi connectivity index (χ1v) is 6.62. The molecule has 0 aliphatic heterocycles. The molecule has 0 aliphatic carbocycles. The molecule has 3 nitrogen and oxygen atoms in total. The van der Waals surface area contributed by atoms with Gasteiger partial charge in [0.2, 0.25) is 0 Å². The second-order valence-electron chi connectivity index (χ2n) is 3.50. The van der Waals surface area contributed by atoms with Crippen molar-refractivity contribution in [3.05, 3.63) is 38.5 Å². The van der Waals surface area contributed by atoms with Crippen molar-refractivity contribution in [2.75, 3.05) is 7.05 Å². The van der Waals surface area contributed by atoms with Crippen LogP contribution in [0.2, 0.25) is 0 Å². The first-order chi connectivity index (χ1) is 7.68. The highest BCUT2D eigenvalue weighted by molar-refractivity contribution is 7.12. The number of carbonyl (C=O) groups is 1. The summed E-state index contributed by atoms with van der Waals surface area (Å²) in [6.45, 7) is 2.60. The molecule has 5 heteroatoms. The average molecular weight is 252 g/mol. The standard InChI is InChI=1S/C11H12N2OS2/c1-8-10(16-7-12-8)6-13(2)11(14)9-4-3-5-15-9/h3-5,7H,6H2,1-2H3. The number of thiazole rings is 1. The van der Waals surface area contributed by atoms with Crippen molar-refractivity contribution in [3.63, 3.8) is 0 Å². The number of rotatable bonds is 3. The van der Waals surface area contributed by atoms with E-state index in [-0.39, 0.29) is 5.91 Å². The van der Waals surface area contributed by atoms with E-state index in [9.17, 15) is 4.79 Å². The van der Waals surface area contributed by atoms with E-state index >= 15 is 0 Å². The highest BCUT2D eigenvalue weighted by Crippen LogP contribution is 2.17. The van der Waals surface area contributed by atoms with Gasteiger partial charge in [0.25, 0.3) is 5.91 Å². The van der Waals surface area contributed by atoms with Crippen molar-refractivity contribution in [3.8, 4) is 0 Å². The molecule has 0 spiro atoms. The van der Waals surface area contributed by atoms with E-state index in [0.29, 0.717) is 6.54 Å². The van der Waals surface area contributed by atoms with Gasteiger partial charge in [-0.1, -0.05) is 6.07 Å². The van der Waals surface area contributed by atoms with E-state index in [2.05, 4.69) is 4.98 Å². The third kappa shape index (κ3) is 2.31. The lowest BCUT2D eigenvalue weighted by atomic mass is 10.3. The SMILES string of the molecule is Cc1ncsc1CN(C)C(=O)c1cccs1. The molecule has 2 aromatic heterocycles. The minimum absolute atomic E-state index is 0.0720. The number of aromatic nitrogens is 1. The van der Waals surface area contributed by atoms with Crippen LogP contribution in [0.4, 0.5) is 0 Å². The molecule has 0 saturated heterocycles. The normalized spacial score (nSPS) is 10.4. The maximum atomic E-state index is 12.0. The van der Waals surface area contributed by atoms with Crippen LogP contribution in [0.25, 0.3) is 0 Å². The second kappa shape index (κ2) is 4.76. The Bertz CT molecular complexity index is 476. The lowest BCUT2D eigenvalue weighted by molar-refractivity contribution is 0.0791. The summed E-state index contributed by atoms with van der Waals surface area (Å²) in [6, 6.07) is 3.74. The lowest BCUT2D eigenvalue weighted by Crippen LogP contribution is -2.25. The molecule has 0 aromatic carbocycles. The lowest BCUT2D eigenvalue weighted by Gasteiger charge is -2.15. The fourth-order valence-corrected chi connectivity index (χ4v) is 2.90. The van der Waals surface area contributed by atoms with Crippen molar-refractivity contribution < 1.29 is 4.79 Å². The number of aryl methyl sites for hydroxylation is 1. The molecule has 16 heavy (non-hydrogen) atoms. The van der Waals surface area contributed by atoms with Crippen LogP contribution in [0.3, 0.4) is 0 Å². The summed E-state index contributed by atoms with van der Waals surface area (Å²) >= 11 is 3.06. The third-order valence-electron chi connectivity index (χ3n) is 2.30. The first-order valence-electron chi connectivity index (χ1n) is 4.86. The Labute approximate surface area is 102 Å². The molecule has 0 fully saturated rings. The predicted octanol–water partition coefficient (Wildman–Crippen LogP) is 2.79. The zero-order valence-corrected chi connectivity index (χ0v) is 10.8. The Morgan fingerprint density at radius 1 is 1.50 bits per heavy atom. The molecule has 0 N–H and O–H groups in total. The highest BCUT2D eigenvalue weighted by Gasteiger charge is 2.14. The molecule has 0 unspecified atom stereocenters. The van der Waals surface area contributed by atoms with E-state index < -0.39 is 0 Å². The second-order valence-corrected chi connectivity index (χ2v) is 5.39. The third-order valence-corrected chi connectivity index (χ3v) is 4.08. The molecule has 84 valence electrons. The van der Waals surface area contributed by atoms with Gasteiger partial charge in [-0.05, 0) is 18.4 Å². The van der Waals surface area contributed by atoms with Gasteiger partial charge in [0.1, 0.15) is 0 Å². The fourth-order valence-electron chi connectivity index (χ4n) is 1.35. The van der Waals surface area contributed by atoms with E-state index in [1.54, 1.807) is 16.2 Å². The van der Waals surface area contributed by atoms with Crippen LogP contribution < -0.4 is 0 Å². The van der Waals surface area contributed by atoms with Crippen LogP contribution in [0, 0.1) is 6.92 Å². The van der Waals surface area contributed by atoms with Crippen LogP contribution in [-0.4, -0.2) is 22.8 Å². The van der Waals surface area contributed by atoms with Gasteiger partial charge in [0.05, 0.1) is 22.6 Å². The number of hydrogen-bond acceptors (Lipinski definition) is 4. The molecule has 2 rings (SSSR count). The van der Waals surface area contributed by atoms with Crippen molar-refractivity contribution in [2.45, 2.75) is 13.5 Å². The molecule has 2 heterocycles. The van der Waals surface area contributed by atoms with Gasteiger partial charge >= 0.3 is 0 Å². The van der Waals surface area contributed by atoms with Crippen molar-refractivity contribution in [1.29, 1.82) is 0 Å². The van der Waals surface area contributed by atoms with Crippen molar-refractivity contribution in [1.82, 2.24) is 9.88 Å². The van der Waals surface area contributed by atoms with Gasteiger partial charge in [-0.25, -0.2) is 4.98 Å². The maximum Gasteiger partial charge on any atom is 0.263 e. The summed E-state index contributed by atoms with van der Waals surface area (Å²) in [5, 5.41) is 1.92. The zero-order valence-electron chi connectivity index (χ0n) is 9.14. The van der Waals surface area contributed by atoms with Crippen LogP contribution >= 0.6 is 22.7 Å². The Kier molecular flexibility index (Phi) is 3.36. The van der Waals surface area contributed by atoms with Gasteiger partial charge in [-0.2, -0.15) is 0 Å². The number of hydrogen-bond donors (Lipinski definition) is 0. The van der Waals surface area contributed by atoms with E-state index in [4.69, 9.17) is 0 Å². The molecule has 0 saturated carbocycles. The molecule has 1 amide bonds. The van der Waals surface area contributed by atoms with E-state index in [0.717, 1.165) is 15.4 Å². The maximum absolute atomic E-state index is 12.0. The summed E-state index contributed by atoms with van der Waals surface area (Å²) < 4.78 is 0. The van der Waals surface area contributed by atoms with Crippen LogP contribution in [0.15, 0.2) is 23.0 Å². The predicted molar refractivity (Wildman–Crippen MR) is 67.0 cm³/mol. The first kappa shape index (κ1) is 11.3. The van der Waals surface area contributed by atoms with Crippen LogP contribution in [0.1, 0.15) is 20.2 Å². The van der Waals surface area contributed by atoms with Crippen molar-refractivity contribution >= 4 is 28.6 Å². The average Bonchev–Trinajstić information content (AvgIpc) is 2.89. The number of amides is 1. The Hall–Kier alpha value is -1.20. The van der Waals surface area contributed by atoms with Gasteiger partial charge in [-0.3, -0.25) is 4.79 Å². The monoisotopic (exact) mass is 252 g/mol. The van der Waals surface area contributed by atoms with Crippen LogP contribution in [0.5, 0.6) is 0 Å². The number of carbonyl (C=O) groups excluding carboxylic acids is 1. The minimum Gasteiger partial charge on any atom is -0.336 e. The minimum atomic E-state index is 0.0720. The zero-order chi connectivity index (χ0) is 11.5. The molecule has 0 radical (unpaired) electrons.